The van der Waals surface area contributed by atoms with E-state index in [0.29, 0.717) is 19.4 Å². The number of esters is 3. The van der Waals surface area contributed by atoms with Crippen molar-refractivity contribution in [3.8, 4) is 5.75 Å². The molecule has 0 amide bonds. The molecule has 238 valence electrons. The minimum Gasteiger partial charge on any atom is -0.463 e. The van der Waals surface area contributed by atoms with E-state index in [2.05, 4.69) is 16.4 Å². The van der Waals surface area contributed by atoms with Crippen molar-refractivity contribution in [2.75, 3.05) is 13.2 Å². The van der Waals surface area contributed by atoms with Gasteiger partial charge in [-0.25, -0.2) is 14.4 Å². The van der Waals surface area contributed by atoms with Gasteiger partial charge in [0.05, 0.1) is 12.2 Å². The smallest absolute Gasteiger partial charge is 0.436 e. The number of rotatable bonds is 16. The number of allylic oxidation sites excluding steroid dienone is 2. The lowest BCUT2D eigenvalue weighted by Gasteiger charge is -2.30. The summed E-state index contributed by atoms with van der Waals surface area (Å²) in [5.74, 6) is -3.69. The van der Waals surface area contributed by atoms with E-state index in [-0.39, 0.29) is 24.3 Å². The molecule has 0 heterocycles. The Morgan fingerprint density at radius 2 is 1.55 bits per heavy atom. The van der Waals surface area contributed by atoms with Gasteiger partial charge < -0.3 is 18.9 Å². The molecular formula is C34H39F3O7. The number of benzene rings is 2. The van der Waals surface area contributed by atoms with Crippen LogP contribution < -0.4 is 4.74 Å². The van der Waals surface area contributed by atoms with Crippen LogP contribution in [0.2, 0.25) is 0 Å². The van der Waals surface area contributed by atoms with Gasteiger partial charge in [0.15, 0.2) is 5.60 Å². The molecule has 2 aromatic rings. The zero-order valence-electron chi connectivity index (χ0n) is 25.1. The number of carbonyl (C=O) groups is 3. The maximum atomic E-state index is 13.5. The summed E-state index contributed by atoms with van der Waals surface area (Å²) in [7, 11) is 0. The van der Waals surface area contributed by atoms with E-state index >= 15 is 0 Å². The quantitative estimate of drug-likeness (QED) is 0.108. The molecule has 1 aliphatic rings. The lowest BCUT2D eigenvalue weighted by atomic mass is 9.89. The van der Waals surface area contributed by atoms with E-state index in [1.54, 1.807) is 13.0 Å². The largest absolute Gasteiger partial charge is 0.463 e. The Bertz CT molecular complexity index is 1290. The van der Waals surface area contributed by atoms with Crippen LogP contribution in [0.3, 0.4) is 0 Å². The molecule has 2 unspecified atom stereocenters. The first-order chi connectivity index (χ1) is 21.1. The zero-order valence-corrected chi connectivity index (χ0v) is 25.1. The van der Waals surface area contributed by atoms with E-state index in [0.717, 1.165) is 55.4 Å². The van der Waals surface area contributed by atoms with Crippen molar-refractivity contribution in [3.05, 3.63) is 84.0 Å². The van der Waals surface area contributed by atoms with Gasteiger partial charge in [0.25, 0.3) is 6.10 Å². The number of hydrogen-bond acceptors (Lipinski definition) is 7. The van der Waals surface area contributed by atoms with Crippen LogP contribution in [0.1, 0.15) is 81.1 Å². The molecule has 7 nitrogen and oxygen atoms in total. The molecule has 1 aliphatic carbocycles. The molecule has 10 heteroatoms. The van der Waals surface area contributed by atoms with Crippen LogP contribution >= 0.6 is 0 Å². The summed E-state index contributed by atoms with van der Waals surface area (Å²) in [5.41, 5.74) is 0.287. The number of halogens is 3. The first kappa shape index (κ1) is 34.6. The van der Waals surface area contributed by atoms with Gasteiger partial charge in [-0.2, -0.15) is 13.2 Å². The van der Waals surface area contributed by atoms with Gasteiger partial charge >= 0.3 is 24.1 Å². The number of alkyl halides is 3. The van der Waals surface area contributed by atoms with Crippen LogP contribution in [0.15, 0.2) is 72.8 Å². The average molecular weight is 617 g/mol. The molecular weight excluding hydrogens is 577 g/mol. The minimum absolute atomic E-state index is 0.0510. The number of ether oxygens (including phenoxy) is 4. The number of carbonyl (C=O) groups excluding carboxylic acids is 3. The van der Waals surface area contributed by atoms with Crippen molar-refractivity contribution in [1.29, 1.82) is 0 Å². The fraction of sp³-hybridized carbons (Fsp3) is 0.441. The second-order valence-corrected chi connectivity index (χ2v) is 10.5. The highest BCUT2D eigenvalue weighted by Gasteiger charge is 2.49. The van der Waals surface area contributed by atoms with Crippen molar-refractivity contribution in [2.45, 2.75) is 83.1 Å². The molecule has 0 aliphatic heterocycles. The molecule has 44 heavy (non-hydrogen) atoms. The summed E-state index contributed by atoms with van der Waals surface area (Å²) in [4.78, 5) is 37.8. The highest BCUT2D eigenvalue weighted by Crippen LogP contribution is 2.32. The van der Waals surface area contributed by atoms with Gasteiger partial charge in [0.2, 0.25) is 0 Å². The van der Waals surface area contributed by atoms with Crippen LogP contribution in [-0.4, -0.2) is 49.0 Å². The fourth-order valence-corrected chi connectivity index (χ4v) is 4.41. The molecule has 0 bridgehead atoms. The molecule has 0 saturated heterocycles. The topological polar surface area (TPSA) is 88.1 Å². The van der Waals surface area contributed by atoms with Gasteiger partial charge in [0, 0.05) is 13.0 Å². The Kier molecular flexibility index (Phi) is 13.2. The molecule has 0 fully saturated rings. The Hall–Kier alpha value is -3.92. The minimum atomic E-state index is -5.15. The van der Waals surface area contributed by atoms with Crippen LogP contribution in [0.25, 0.3) is 5.57 Å². The first-order valence-electron chi connectivity index (χ1n) is 14.9. The Labute approximate surface area is 256 Å². The monoisotopic (exact) mass is 616 g/mol. The molecule has 0 spiro atoms. The van der Waals surface area contributed by atoms with E-state index in [1.807, 2.05) is 42.5 Å². The van der Waals surface area contributed by atoms with Gasteiger partial charge in [-0.15, -0.1) is 0 Å². The summed E-state index contributed by atoms with van der Waals surface area (Å²) in [6, 6.07) is 14.5. The van der Waals surface area contributed by atoms with Crippen molar-refractivity contribution in [2.24, 2.45) is 0 Å². The van der Waals surface area contributed by atoms with Crippen LogP contribution in [0.4, 0.5) is 13.2 Å². The van der Waals surface area contributed by atoms with E-state index in [9.17, 15) is 27.6 Å². The summed E-state index contributed by atoms with van der Waals surface area (Å²) in [6.45, 7) is 4.04. The van der Waals surface area contributed by atoms with Crippen LogP contribution in [0.5, 0.6) is 5.75 Å². The highest BCUT2D eigenvalue weighted by molar-refractivity contribution is 5.92. The summed E-state index contributed by atoms with van der Waals surface area (Å²) in [6.07, 6.45) is 3.48. The van der Waals surface area contributed by atoms with Gasteiger partial charge in [0.1, 0.15) is 5.75 Å². The van der Waals surface area contributed by atoms with Gasteiger partial charge in [-0.1, -0.05) is 88.4 Å². The lowest BCUT2D eigenvalue weighted by molar-refractivity contribution is -0.218. The van der Waals surface area contributed by atoms with Crippen molar-refractivity contribution in [3.63, 3.8) is 0 Å². The Morgan fingerprint density at radius 1 is 0.864 bits per heavy atom. The summed E-state index contributed by atoms with van der Waals surface area (Å²) < 4.78 is 61.0. The van der Waals surface area contributed by atoms with Crippen molar-refractivity contribution in [1.82, 2.24) is 0 Å². The standard InChI is InChI=1S/C34H39F3O7/c1-3-5-7-8-12-24-42-33(21-19-26(20-22-33)25-13-10-9-11-14-25)32(40)43-28-17-15-27(16-18-28)30(38)44-29(34(35,36)37)31(39)41-23-6-4-2/h9-11,13-21,29H,3-8,12,22-24H2,1-2H3. The Morgan fingerprint density at radius 3 is 2.16 bits per heavy atom. The molecule has 0 radical (unpaired) electrons. The van der Waals surface area contributed by atoms with E-state index < -0.39 is 35.8 Å². The summed E-state index contributed by atoms with van der Waals surface area (Å²) in [5, 5.41) is 0. The molecule has 0 N–H and O–H groups in total. The SMILES string of the molecule is CCCCCCCOC1(C(=O)Oc2ccc(C(=O)OC(C(=O)OCCCC)C(F)(F)F)cc2)C=CC(c2ccccc2)=CC1. The van der Waals surface area contributed by atoms with Crippen molar-refractivity contribution < 1.29 is 46.5 Å². The van der Waals surface area contributed by atoms with Crippen molar-refractivity contribution >= 4 is 23.5 Å². The average Bonchev–Trinajstić information content (AvgIpc) is 3.02. The lowest BCUT2D eigenvalue weighted by Crippen LogP contribution is -2.43. The van der Waals surface area contributed by atoms with Gasteiger partial charge in [-0.05, 0) is 54.3 Å². The second-order valence-electron chi connectivity index (χ2n) is 10.5. The third kappa shape index (κ3) is 10.1. The maximum absolute atomic E-state index is 13.5. The fourth-order valence-electron chi connectivity index (χ4n) is 4.41. The predicted molar refractivity (Wildman–Crippen MR) is 159 cm³/mol. The maximum Gasteiger partial charge on any atom is 0.436 e. The Balaban J connectivity index is 1.69. The van der Waals surface area contributed by atoms with E-state index in [4.69, 9.17) is 9.47 Å². The third-order valence-corrected chi connectivity index (χ3v) is 7.00. The highest BCUT2D eigenvalue weighted by atomic mass is 19.4. The normalized spacial score (nSPS) is 17.0. The first-order valence-corrected chi connectivity index (χ1v) is 14.9. The number of hydrogen-bond donors (Lipinski definition) is 0. The molecule has 3 rings (SSSR count). The molecule has 0 aromatic heterocycles. The van der Waals surface area contributed by atoms with Crippen LogP contribution in [0, 0.1) is 0 Å². The van der Waals surface area contributed by atoms with Gasteiger partial charge in [-0.3, -0.25) is 0 Å². The molecule has 2 aromatic carbocycles. The second kappa shape index (κ2) is 16.8. The number of unbranched alkanes of at least 4 members (excludes halogenated alkanes) is 5. The zero-order chi connectivity index (χ0) is 32.0. The predicted octanol–water partition coefficient (Wildman–Crippen LogP) is 7.79. The van der Waals surface area contributed by atoms with Crippen LogP contribution in [-0.2, 0) is 23.8 Å². The molecule has 0 saturated carbocycles. The molecule has 2 atom stereocenters. The summed E-state index contributed by atoms with van der Waals surface area (Å²) >= 11 is 0. The van der Waals surface area contributed by atoms with E-state index in [1.165, 1.54) is 12.1 Å². The third-order valence-electron chi connectivity index (χ3n) is 7.00.